The summed E-state index contributed by atoms with van der Waals surface area (Å²) in [6.07, 6.45) is -0.429. The molecule has 0 saturated heterocycles. The summed E-state index contributed by atoms with van der Waals surface area (Å²) in [5, 5.41) is 22.3. The molecule has 11 heteroatoms. The highest BCUT2D eigenvalue weighted by atomic mass is 32.2. The molecule has 0 spiro atoms. The van der Waals surface area contributed by atoms with Gasteiger partial charge in [0, 0.05) is 24.4 Å². The number of carbonyl (C=O) groups is 1. The molecule has 0 aliphatic rings. The average Bonchev–Trinajstić information content (AvgIpc) is 3.17. The molecular formula is C20H20FN5O4S. The SMILES string of the molecule is CCn1c(SCC(=O)Nc2ccc([N+](=O)[O-])cc2)nnc1C(C)Oc1ccc(F)cc1. The van der Waals surface area contributed by atoms with Crippen LogP contribution in [0.3, 0.4) is 0 Å². The third-order valence-corrected chi connectivity index (χ3v) is 5.21. The number of nitrogens with one attached hydrogen (secondary N) is 1. The zero-order chi connectivity index (χ0) is 22.4. The fourth-order valence-corrected chi connectivity index (χ4v) is 3.58. The van der Waals surface area contributed by atoms with Gasteiger partial charge in [-0.15, -0.1) is 10.2 Å². The van der Waals surface area contributed by atoms with Gasteiger partial charge in [0.15, 0.2) is 17.1 Å². The molecule has 0 aliphatic heterocycles. The molecule has 1 aromatic heterocycles. The smallest absolute Gasteiger partial charge is 0.269 e. The lowest BCUT2D eigenvalue weighted by Gasteiger charge is -2.15. The van der Waals surface area contributed by atoms with E-state index in [1.807, 2.05) is 18.4 Å². The predicted molar refractivity (Wildman–Crippen MR) is 114 cm³/mol. The van der Waals surface area contributed by atoms with Crippen LogP contribution in [-0.4, -0.2) is 31.3 Å². The largest absolute Gasteiger partial charge is 0.483 e. The predicted octanol–water partition coefficient (Wildman–Crippen LogP) is 4.22. The molecule has 162 valence electrons. The number of hydrogen-bond acceptors (Lipinski definition) is 7. The van der Waals surface area contributed by atoms with E-state index in [0.717, 1.165) is 0 Å². The quantitative estimate of drug-likeness (QED) is 0.298. The number of hydrogen-bond donors (Lipinski definition) is 1. The third-order valence-electron chi connectivity index (χ3n) is 4.25. The number of halogens is 1. The van der Waals surface area contributed by atoms with Gasteiger partial charge in [0.05, 0.1) is 10.7 Å². The van der Waals surface area contributed by atoms with Crippen LogP contribution in [0.25, 0.3) is 0 Å². The van der Waals surface area contributed by atoms with Crippen molar-refractivity contribution in [3.05, 3.63) is 70.3 Å². The maximum absolute atomic E-state index is 13.1. The second kappa shape index (κ2) is 10.0. The van der Waals surface area contributed by atoms with E-state index in [1.54, 1.807) is 0 Å². The van der Waals surface area contributed by atoms with Gasteiger partial charge < -0.3 is 14.6 Å². The molecule has 1 N–H and O–H groups in total. The van der Waals surface area contributed by atoms with Gasteiger partial charge in [-0.1, -0.05) is 11.8 Å². The van der Waals surface area contributed by atoms with Crippen LogP contribution in [0, 0.1) is 15.9 Å². The van der Waals surface area contributed by atoms with Crippen LogP contribution in [0.4, 0.5) is 15.8 Å². The molecule has 3 rings (SSSR count). The second-order valence-corrected chi connectivity index (χ2v) is 7.38. The van der Waals surface area contributed by atoms with E-state index in [-0.39, 0.29) is 23.2 Å². The number of ether oxygens (including phenoxy) is 1. The van der Waals surface area contributed by atoms with Crippen molar-refractivity contribution in [2.24, 2.45) is 0 Å². The number of non-ortho nitro benzene ring substituents is 1. The fourth-order valence-electron chi connectivity index (χ4n) is 2.77. The number of nitro benzene ring substituents is 1. The van der Waals surface area contributed by atoms with Crippen molar-refractivity contribution >= 4 is 29.0 Å². The first-order valence-corrected chi connectivity index (χ1v) is 10.4. The molecule has 1 atom stereocenters. The standard InChI is InChI=1S/C20H20FN5O4S/c1-3-25-19(13(2)30-17-10-4-14(21)5-11-17)23-24-20(25)31-12-18(27)22-15-6-8-16(9-7-15)26(28)29/h4-11,13H,3,12H2,1-2H3,(H,22,27). The van der Waals surface area contributed by atoms with Gasteiger partial charge >= 0.3 is 0 Å². The molecule has 0 aliphatic carbocycles. The Hall–Kier alpha value is -3.47. The number of carbonyl (C=O) groups excluding carboxylic acids is 1. The lowest BCUT2D eigenvalue weighted by Crippen LogP contribution is -2.15. The Morgan fingerprint density at radius 2 is 1.90 bits per heavy atom. The Balaban J connectivity index is 1.60. The first-order valence-electron chi connectivity index (χ1n) is 9.39. The number of thioether (sulfide) groups is 1. The minimum Gasteiger partial charge on any atom is -0.483 e. The van der Waals surface area contributed by atoms with Crippen molar-refractivity contribution in [3.63, 3.8) is 0 Å². The Morgan fingerprint density at radius 1 is 1.23 bits per heavy atom. The number of nitrogens with zero attached hydrogens (tertiary/aromatic N) is 4. The van der Waals surface area contributed by atoms with Gasteiger partial charge in [-0.25, -0.2) is 4.39 Å². The normalized spacial score (nSPS) is 11.7. The lowest BCUT2D eigenvalue weighted by molar-refractivity contribution is -0.384. The van der Waals surface area contributed by atoms with Crippen molar-refractivity contribution < 1.29 is 18.8 Å². The van der Waals surface area contributed by atoms with E-state index in [4.69, 9.17) is 4.74 Å². The number of benzene rings is 2. The molecule has 9 nitrogen and oxygen atoms in total. The minimum atomic E-state index is -0.503. The number of nitro groups is 1. The molecular weight excluding hydrogens is 425 g/mol. The average molecular weight is 445 g/mol. The molecule has 3 aromatic rings. The van der Waals surface area contributed by atoms with Gasteiger partial charge in [-0.2, -0.15) is 0 Å². The van der Waals surface area contributed by atoms with Gasteiger partial charge in [-0.05, 0) is 50.2 Å². The molecule has 31 heavy (non-hydrogen) atoms. The van der Waals surface area contributed by atoms with Crippen molar-refractivity contribution in [1.29, 1.82) is 0 Å². The van der Waals surface area contributed by atoms with Crippen LogP contribution in [-0.2, 0) is 11.3 Å². The van der Waals surface area contributed by atoms with Crippen molar-refractivity contribution in [2.75, 3.05) is 11.1 Å². The molecule has 1 heterocycles. The highest BCUT2D eigenvalue weighted by Gasteiger charge is 2.19. The second-order valence-electron chi connectivity index (χ2n) is 6.44. The zero-order valence-electron chi connectivity index (χ0n) is 16.8. The number of amides is 1. The van der Waals surface area contributed by atoms with Crippen LogP contribution >= 0.6 is 11.8 Å². The number of aromatic nitrogens is 3. The maximum atomic E-state index is 13.1. The van der Waals surface area contributed by atoms with E-state index in [2.05, 4.69) is 15.5 Å². The van der Waals surface area contributed by atoms with E-state index < -0.39 is 11.0 Å². The van der Waals surface area contributed by atoms with Gasteiger partial charge in [0.2, 0.25) is 5.91 Å². The summed E-state index contributed by atoms with van der Waals surface area (Å²) in [6.45, 7) is 4.32. The molecule has 0 bridgehead atoms. The van der Waals surface area contributed by atoms with Crippen molar-refractivity contribution in [2.45, 2.75) is 31.7 Å². The maximum Gasteiger partial charge on any atom is 0.269 e. The Bertz CT molecular complexity index is 1060. The molecule has 2 aromatic carbocycles. The summed E-state index contributed by atoms with van der Waals surface area (Å²) in [7, 11) is 0. The topological polar surface area (TPSA) is 112 Å². The van der Waals surface area contributed by atoms with Crippen LogP contribution in [0.5, 0.6) is 5.75 Å². The lowest BCUT2D eigenvalue weighted by atomic mass is 10.3. The molecule has 1 amide bonds. The van der Waals surface area contributed by atoms with Gasteiger partial charge in [0.1, 0.15) is 11.6 Å². The highest BCUT2D eigenvalue weighted by Crippen LogP contribution is 2.25. The van der Waals surface area contributed by atoms with E-state index in [9.17, 15) is 19.3 Å². The summed E-state index contributed by atoms with van der Waals surface area (Å²) < 4.78 is 20.7. The first-order chi connectivity index (χ1) is 14.9. The molecule has 0 radical (unpaired) electrons. The molecule has 0 saturated carbocycles. The summed E-state index contributed by atoms with van der Waals surface area (Å²) in [4.78, 5) is 22.4. The third kappa shape index (κ3) is 5.79. The Kier molecular flexibility index (Phi) is 7.19. The van der Waals surface area contributed by atoms with E-state index in [0.29, 0.717) is 29.0 Å². The van der Waals surface area contributed by atoms with Crippen LogP contribution in [0.15, 0.2) is 53.7 Å². The molecule has 0 fully saturated rings. The van der Waals surface area contributed by atoms with Gasteiger partial charge in [-0.3, -0.25) is 14.9 Å². The van der Waals surface area contributed by atoms with Crippen LogP contribution < -0.4 is 10.1 Å². The highest BCUT2D eigenvalue weighted by molar-refractivity contribution is 7.99. The van der Waals surface area contributed by atoms with Crippen LogP contribution in [0.1, 0.15) is 25.8 Å². The summed E-state index contributed by atoms with van der Waals surface area (Å²) in [5.41, 5.74) is 0.420. The summed E-state index contributed by atoms with van der Waals surface area (Å²) in [6, 6.07) is 11.3. The van der Waals surface area contributed by atoms with Crippen LogP contribution in [0.2, 0.25) is 0 Å². The van der Waals surface area contributed by atoms with E-state index >= 15 is 0 Å². The number of anilines is 1. The van der Waals surface area contributed by atoms with E-state index in [1.165, 1.54) is 60.3 Å². The monoisotopic (exact) mass is 445 g/mol. The Morgan fingerprint density at radius 3 is 2.52 bits per heavy atom. The molecule has 1 unspecified atom stereocenters. The minimum absolute atomic E-state index is 0.0482. The fraction of sp³-hybridized carbons (Fsp3) is 0.250. The van der Waals surface area contributed by atoms with Crippen molar-refractivity contribution in [1.82, 2.24) is 14.8 Å². The summed E-state index contributed by atoms with van der Waals surface area (Å²) >= 11 is 1.22. The van der Waals surface area contributed by atoms with Gasteiger partial charge in [0.25, 0.3) is 5.69 Å². The first kappa shape index (κ1) is 22.2. The van der Waals surface area contributed by atoms with Crippen molar-refractivity contribution in [3.8, 4) is 5.75 Å². The Labute approximate surface area is 181 Å². The number of rotatable bonds is 9. The summed E-state index contributed by atoms with van der Waals surface area (Å²) in [5.74, 6) is 0.563. The zero-order valence-corrected chi connectivity index (χ0v) is 17.6.